The van der Waals surface area contributed by atoms with Crippen molar-refractivity contribution in [1.82, 2.24) is 15.5 Å². The molecule has 0 atom stereocenters. The van der Waals surface area contributed by atoms with E-state index < -0.39 is 0 Å². The first-order valence-corrected chi connectivity index (χ1v) is 10.5. The predicted octanol–water partition coefficient (Wildman–Crippen LogP) is 2.86. The average Bonchev–Trinajstić information content (AvgIpc) is 3.09. The van der Waals surface area contributed by atoms with E-state index >= 15 is 0 Å². The van der Waals surface area contributed by atoms with Gasteiger partial charge in [0, 0.05) is 44.1 Å². The van der Waals surface area contributed by atoms with Gasteiger partial charge in [0.25, 0.3) is 5.91 Å². The maximum absolute atomic E-state index is 13.1. The zero-order chi connectivity index (χ0) is 21.1. The van der Waals surface area contributed by atoms with Gasteiger partial charge in [0.2, 0.25) is 0 Å². The standard InChI is InChI=1S/C22H29N5O3/c1-3-26-21-19(14-27(26)29)20(25-17-8-10-30-11-9-17)18(13-23-21)22(28)24-12-16-6-4-15(2)5-7-16/h4-7,13,17,29H,3,8-12,14H2,1-2H3,(H,23,25)(H,24,28). The van der Waals surface area contributed by atoms with E-state index in [1.807, 2.05) is 38.1 Å². The van der Waals surface area contributed by atoms with E-state index in [1.165, 1.54) is 5.56 Å². The minimum absolute atomic E-state index is 0.181. The van der Waals surface area contributed by atoms with E-state index in [2.05, 4.69) is 15.6 Å². The Morgan fingerprint density at radius 3 is 2.70 bits per heavy atom. The molecule has 1 saturated heterocycles. The van der Waals surface area contributed by atoms with Crippen molar-refractivity contribution in [3.05, 3.63) is 52.7 Å². The number of aryl methyl sites for hydroxylation is 1. The number of carbonyl (C=O) groups excluding carboxylic acids is 1. The highest BCUT2D eigenvalue weighted by molar-refractivity contribution is 6.01. The summed E-state index contributed by atoms with van der Waals surface area (Å²) >= 11 is 0. The summed E-state index contributed by atoms with van der Waals surface area (Å²) in [6.45, 7) is 6.72. The molecule has 1 fully saturated rings. The average molecular weight is 412 g/mol. The number of amides is 1. The molecule has 0 bridgehead atoms. The Bertz CT molecular complexity index is 896. The second-order valence-electron chi connectivity index (χ2n) is 7.79. The molecule has 2 aliphatic heterocycles. The number of hydrogen-bond donors (Lipinski definition) is 3. The molecular formula is C22H29N5O3. The zero-order valence-corrected chi connectivity index (χ0v) is 17.5. The number of ether oxygens (including phenoxy) is 1. The SMILES string of the molecule is CCN1c2ncc(C(=O)NCc3ccc(C)cc3)c(NC3CCOCC3)c2CN1O. The van der Waals surface area contributed by atoms with E-state index in [-0.39, 0.29) is 11.9 Å². The van der Waals surface area contributed by atoms with Gasteiger partial charge in [0.15, 0.2) is 5.82 Å². The maximum atomic E-state index is 13.1. The van der Waals surface area contributed by atoms with Crippen molar-refractivity contribution in [2.24, 2.45) is 0 Å². The van der Waals surface area contributed by atoms with Gasteiger partial charge < -0.3 is 15.4 Å². The molecule has 0 unspecified atom stereocenters. The third kappa shape index (κ3) is 4.26. The maximum Gasteiger partial charge on any atom is 0.255 e. The molecule has 2 aromatic rings. The van der Waals surface area contributed by atoms with Gasteiger partial charge >= 0.3 is 0 Å². The molecular weight excluding hydrogens is 382 g/mol. The number of carbonyl (C=O) groups is 1. The van der Waals surface area contributed by atoms with Crippen LogP contribution >= 0.6 is 0 Å². The number of pyridine rings is 1. The summed E-state index contributed by atoms with van der Waals surface area (Å²) in [6.07, 6.45) is 3.36. The number of rotatable bonds is 6. The van der Waals surface area contributed by atoms with Crippen LogP contribution in [0.2, 0.25) is 0 Å². The highest BCUT2D eigenvalue weighted by Gasteiger charge is 2.32. The number of hydrazine groups is 1. The molecule has 0 radical (unpaired) electrons. The van der Waals surface area contributed by atoms with Crippen molar-refractivity contribution in [3.63, 3.8) is 0 Å². The number of hydroxylamine groups is 1. The van der Waals surface area contributed by atoms with Gasteiger partial charge in [-0.2, -0.15) is 0 Å². The van der Waals surface area contributed by atoms with Gasteiger partial charge in [-0.25, -0.2) is 4.98 Å². The summed E-state index contributed by atoms with van der Waals surface area (Å²) in [7, 11) is 0. The van der Waals surface area contributed by atoms with Crippen LogP contribution in [0.1, 0.15) is 46.8 Å². The highest BCUT2D eigenvalue weighted by atomic mass is 16.6. The van der Waals surface area contributed by atoms with Crippen LogP contribution in [0.3, 0.4) is 0 Å². The van der Waals surface area contributed by atoms with Gasteiger partial charge in [-0.3, -0.25) is 15.0 Å². The minimum atomic E-state index is -0.181. The van der Waals surface area contributed by atoms with Crippen LogP contribution in [0.25, 0.3) is 0 Å². The summed E-state index contributed by atoms with van der Waals surface area (Å²) < 4.78 is 5.47. The van der Waals surface area contributed by atoms with E-state index in [4.69, 9.17) is 4.74 Å². The van der Waals surface area contributed by atoms with E-state index in [0.29, 0.717) is 44.2 Å². The first kappa shape index (κ1) is 20.6. The molecule has 1 amide bonds. The van der Waals surface area contributed by atoms with Crippen molar-refractivity contribution in [2.75, 3.05) is 30.1 Å². The lowest BCUT2D eigenvalue weighted by molar-refractivity contribution is -0.101. The molecule has 8 nitrogen and oxygen atoms in total. The number of aromatic nitrogens is 1. The van der Waals surface area contributed by atoms with E-state index in [9.17, 15) is 10.0 Å². The minimum Gasteiger partial charge on any atom is -0.381 e. The summed E-state index contributed by atoms with van der Waals surface area (Å²) in [5, 5.41) is 19.7. The van der Waals surface area contributed by atoms with Crippen LogP contribution in [-0.2, 0) is 17.8 Å². The molecule has 2 aliphatic rings. The molecule has 1 aromatic heterocycles. The zero-order valence-electron chi connectivity index (χ0n) is 17.5. The van der Waals surface area contributed by atoms with Gasteiger partial charge in [0.05, 0.1) is 17.8 Å². The Labute approximate surface area is 176 Å². The van der Waals surface area contributed by atoms with Crippen molar-refractivity contribution in [3.8, 4) is 0 Å². The Morgan fingerprint density at radius 2 is 2.00 bits per heavy atom. The molecule has 3 N–H and O–H groups in total. The molecule has 1 aromatic carbocycles. The number of nitrogens with zero attached hydrogens (tertiary/aromatic N) is 3. The molecule has 160 valence electrons. The Hall–Kier alpha value is -2.68. The fourth-order valence-electron chi connectivity index (χ4n) is 3.93. The fraction of sp³-hybridized carbons (Fsp3) is 0.455. The number of benzene rings is 1. The first-order chi connectivity index (χ1) is 14.6. The number of nitrogens with one attached hydrogen (secondary N) is 2. The van der Waals surface area contributed by atoms with Crippen LogP contribution in [0.5, 0.6) is 0 Å². The second-order valence-corrected chi connectivity index (χ2v) is 7.79. The summed E-state index contributed by atoms with van der Waals surface area (Å²) in [4.78, 5) is 17.6. The van der Waals surface area contributed by atoms with Crippen LogP contribution in [0.15, 0.2) is 30.5 Å². The predicted molar refractivity (Wildman–Crippen MR) is 114 cm³/mol. The molecule has 0 saturated carbocycles. The van der Waals surface area contributed by atoms with Gasteiger partial charge in [-0.1, -0.05) is 35.0 Å². The molecule has 0 aliphatic carbocycles. The topological polar surface area (TPSA) is 90.0 Å². The number of fused-ring (bicyclic) bond motifs is 1. The first-order valence-electron chi connectivity index (χ1n) is 10.5. The van der Waals surface area contributed by atoms with Crippen molar-refractivity contribution >= 4 is 17.4 Å². The van der Waals surface area contributed by atoms with Gasteiger partial charge in [-0.15, -0.1) is 0 Å². The third-order valence-corrected chi connectivity index (χ3v) is 5.67. The molecule has 4 rings (SSSR count). The van der Waals surface area contributed by atoms with E-state index in [1.54, 1.807) is 11.2 Å². The summed E-state index contributed by atoms with van der Waals surface area (Å²) in [5.74, 6) is 0.504. The Balaban J connectivity index is 1.60. The van der Waals surface area contributed by atoms with Crippen molar-refractivity contribution in [2.45, 2.75) is 45.8 Å². The van der Waals surface area contributed by atoms with Crippen molar-refractivity contribution in [1.29, 1.82) is 0 Å². The Morgan fingerprint density at radius 1 is 1.27 bits per heavy atom. The lowest BCUT2D eigenvalue weighted by Gasteiger charge is -2.26. The third-order valence-electron chi connectivity index (χ3n) is 5.67. The van der Waals surface area contributed by atoms with E-state index in [0.717, 1.165) is 34.8 Å². The molecule has 0 spiro atoms. The lowest BCUT2D eigenvalue weighted by Crippen LogP contribution is -2.34. The second kappa shape index (κ2) is 8.99. The normalized spacial score (nSPS) is 17.1. The Kier molecular flexibility index (Phi) is 6.17. The highest BCUT2D eigenvalue weighted by Crippen LogP contribution is 2.36. The lowest BCUT2D eigenvalue weighted by atomic mass is 10.0. The van der Waals surface area contributed by atoms with Crippen LogP contribution < -0.4 is 15.6 Å². The largest absolute Gasteiger partial charge is 0.381 e. The molecule has 3 heterocycles. The van der Waals surface area contributed by atoms with Gasteiger partial charge in [-0.05, 0) is 32.3 Å². The van der Waals surface area contributed by atoms with Crippen molar-refractivity contribution < 1.29 is 14.7 Å². The summed E-state index contributed by atoms with van der Waals surface area (Å²) in [5.41, 5.74) is 4.32. The quantitative estimate of drug-likeness (QED) is 0.673. The monoisotopic (exact) mass is 411 g/mol. The molecule has 30 heavy (non-hydrogen) atoms. The summed E-state index contributed by atoms with van der Waals surface area (Å²) in [6, 6.07) is 8.31. The smallest absolute Gasteiger partial charge is 0.255 e. The van der Waals surface area contributed by atoms with Crippen LogP contribution in [0.4, 0.5) is 11.5 Å². The van der Waals surface area contributed by atoms with Crippen LogP contribution in [-0.4, -0.2) is 47.1 Å². The van der Waals surface area contributed by atoms with Crippen LogP contribution in [0, 0.1) is 6.92 Å². The number of hydrogen-bond acceptors (Lipinski definition) is 7. The molecule has 8 heteroatoms. The van der Waals surface area contributed by atoms with Gasteiger partial charge in [0.1, 0.15) is 0 Å². The fourth-order valence-corrected chi connectivity index (χ4v) is 3.93. The number of anilines is 2.